The maximum absolute atomic E-state index is 11.6. The second-order valence-corrected chi connectivity index (χ2v) is 9.84. The van der Waals surface area contributed by atoms with Crippen LogP contribution < -0.4 is 15.5 Å². The molecule has 0 bridgehead atoms. The molecule has 0 saturated carbocycles. The minimum Gasteiger partial charge on any atom is -0.369 e. The van der Waals surface area contributed by atoms with E-state index in [2.05, 4.69) is 55.8 Å². The molecule has 156 valence electrons. The molecular formula is C20H33N5O2S. The zero-order valence-corrected chi connectivity index (χ0v) is 17.6. The molecule has 2 fully saturated rings. The molecule has 2 heterocycles. The van der Waals surface area contributed by atoms with Gasteiger partial charge in [-0.2, -0.15) is 0 Å². The standard InChI is InChI=1S/C20H33N5O2S/c1-21-20(23-18-9-16-28(26,27)17-18)22-10-5-6-11-24-12-14-25(15-13-24)19-7-3-2-4-8-19/h2-4,7-8,18H,5-6,9-17H2,1H3,(H2,21,22,23). The van der Waals surface area contributed by atoms with E-state index in [0.717, 1.165) is 52.1 Å². The van der Waals surface area contributed by atoms with Crippen LogP contribution >= 0.6 is 0 Å². The van der Waals surface area contributed by atoms with Crippen molar-refractivity contribution in [1.82, 2.24) is 15.5 Å². The van der Waals surface area contributed by atoms with Crippen molar-refractivity contribution >= 4 is 21.5 Å². The lowest BCUT2D eigenvalue weighted by molar-refractivity contribution is 0.253. The molecule has 0 aromatic heterocycles. The minimum atomic E-state index is -2.87. The molecule has 0 radical (unpaired) electrons. The van der Waals surface area contributed by atoms with Gasteiger partial charge in [-0.15, -0.1) is 0 Å². The molecule has 2 aliphatic heterocycles. The minimum absolute atomic E-state index is 0.0166. The van der Waals surface area contributed by atoms with Crippen LogP contribution in [0.2, 0.25) is 0 Å². The Bertz CT molecular complexity index is 730. The molecule has 1 unspecified atom stereocenters. The Morgan fingerprint density at radius 1 is 1.14 bits per heavy atom. The molecule has 1 aromatic carbocycles. The first-order chi connectivity index (χ1) is 13.6. The van der Waals surface area contributed by atoms with Crippen molar-refractivity contribution in [3.8, 4) is 0 Å². The fraction of sp³-hybridized carbons (Fsp3) is 0.650. The summed E-state index contributed by atoms with van der Waals surface area (Å²) in [4.78, 5) is 9.20. The quantitative estimate of drug-likeness (QED) is 0.398. The number of aliphatic imine (C=N–C) groups is 1. The van der Waals surface area contributed by atoms with Gasteiger partial charge in [0.1, 0.15) is 0 Å². The van der Waals surface area contributed by atoms with Crippen molar-refractivity contribution in [2.75, 3.05) is 62.7 Å². The lowest BCUT2D eigenvalue weighted by Crippen LogP contribution is -2.47. The van der Waals surface area contributed by atoms with Crippen LogP contribution in [-0.2, 0) is 9.84 Å². The van der Waals surface area contributed by atoms with E-state index in [4.69, 9.17) is 0 Å². The number of guanidine groups is 1. The number of hydrogen-bond acceptors (Lipinski definition) is 5. The average Bonchev–Trinajstić information content (AvgIpc) is 3.06. The summed E-state index contributed by atoms with van der Waals surface area (Å²) in [5.74, 6) is 1.19. The fourth-order valence-electron chi connectivity index (χ4n) is 3.83. The molecule has 0 amide bonds. The van der Waals surface area contributed by atoms with Crippen LogP contribution in [0.1, 0.15) is 19.3 Å². The number of para-hydroxylation sites is 1. The highest BCUT2D eigenvalue weighted by atomic mass is 32.2. The molecule has 2 N–H and O–H groups in total. The van der Waals surface area contributed by atoms with Crippen LogP contribution in [0.15, 0.2) is 35.3 Å². The smallest absolute Gasteiger partial charge is 0.191 e. The van der Waals surface area contributed by atoms with E-state index < -0.39 is 9.84 Å². The highest BCUT2D eigenvalue weighted by Crippen LogP contribution is 2.15. The first kappa shape index (κ1) is 20.9. The van der Waals surface area contributed by atoms with Crippen LogP contribution in [0.5, 0.6) is 0 Å². The summed E-state index contributed by atoms with van der Waals surface area (Å²) in [5, 5.41) is 6.53. The van der Waals surface area contributed by atoms with Crippen LogP contribution in [0.4, 0.5) is 5.69 Å². The zero-order chi connectivity index (χ0) is 19.8. The first-order valence-corrected chi connectivity index (χ1v) is 12.1. The Balaban J connectivity index is 1.27. The zero-order valence-electron chi connectivity index (χ0n) is 16.8. The normalized spacial score (nSPS) is 23.0. The van der Waals surface area contributed by atoms with Crippen molar-refractivity contribution in [2.24, 2.45) is 4.99 Å². The van der Waals surface area contributed by atoms with Gasteiger partial charge in [0.15, 0.2) is 15.8 Å². The van der Waals surface area contributed by atoms with E-state index >= 15 is 0 Å². The number of sulfone groups is 1. The van der Waals surface area contributed by atoms with Gasteiger partial charge in [0.05, 0.1) is 11.5 Å². The number of nitrogens with one attached hydrogen (secondary N) is 2. The van der Waals surface area contributed by atoms with Gasteiger partial charge in [0, 0.05) is 51.5 Å². The van der Waals surface area contributed by atoms with Gasteiger partial charge in [-0.05, 0) is 37.9 Å². The predicted octanol–water partition coefficient (Wildman–Crippen LogP) is 0.941. The summed E-state index contributed by atoms with van der Waals surface area (Å²) in [6, 6.07) is 10.6. The van der Waals surface area contributed by atoms with Crippen molar-refractivity contribution in [3.05, 3.63) is 30.3 Å². The number of rotatable bonds is 7. The molecule has 1 atom stereocenters. The highest BCUT2D eigenvalue weighted by molar-refractivity contribution is 7.91. The first-order valence-electron chi connectivity index (χ1n) is 10.3. The van der Waals surface area contributed by atoms with E-state index in [1.807, 2.05) is 0 Å². The third kappa shape index (κ3) is 6.38. The third-order valence-electron chi connectivity index (χ3n) is 5.48. The second-order valence-electron chi connectivity index (χ2n) is 7.61. The van der Waals surface area contributed by atoms with E-state index in [9.17, 15) is 8.42 Å². The van der Waals surface area contributed by atoms with Crippen LogP contribution in [0.3, 0.4) is 0 Å². The van der Waals surface area contributed by atoms with Gasteiger partial charge in [0.2, 0.25) is 0 Å². The summed E-state index contributed by atoms with van der Waals surface area (Å²) >= 11 is 0. The third-order valence-corrected chi connectivity index (χ3v) is 7.25. The number of piperazine rings is 1. The van der Waals surface area contributed by atoms with E-state index in [1.165, 1.54) is 5.69 Å². The SMILES string of the molecule is CN=C(NCCCCN1CCN(c2ccccc2)CC1)NC1CCS(=O)(=O)C1. The average molecular weight is 408 g/mol. The maximum Gasteiger partial charge on any atom is 0.191 e. The van der Waals surface area contributed by atoms with Gasteiger partial charge in [0.25, 0.3) is 0 Å². The van der Waals surface area contributed by atoms with Crippen LogP contribution in [0.25, 0.3) is 0 Å². The number of anilines is 1. The Morgan fingerprint density at radius 3 is 2.54 bits per heavy atom. The summed E-state index contributed by atoms with van der Waals surface area (Å²) in [6.07, 6.45) is 2.88. The van der Waals surface area contributed by atoms with Gasteiger partial charge in [-0.1, -0.05) is 18.2 Å². The van der Waals surface area contributed by atoms with Crippen molar-refractivity contribution in [3.63, 3.8) is 0 Å². The topological polar surface area (TPSA) is 77.0 Å². The van der Waals surface area contributed by atoms with Crippen LogP contribution in [0, 0.1) is 0 Å². The summed E-state index contributed by atoms with van der Waals surface area (Å²) in [5.41, 5.74) is 1.32. The number of nitrogens with zero attached hydrogens (tertiary/aromatic N) is 3. The highest BCUT2D eigenvalue weighted by Gasteiger charge is 2.28. The summed E-state index contributed by atoms with van der Waals surface area (Å²) in [6.45, 7) is 6.37. The summed E-state index contributed by atoms with van der Waals surface area (Å²) < 4.78 is 23.1. The van der Waals surface area contributed by atoms with E-state index in [-0.39, 0.29) is 17.5 Å². The summed E-state index contributed by atoms with van der Waals surface area (Å²) in [7, 11) is -1.14. The van der Waals surface area contributed by atoms with Gasteiger partial charge in [-0.25, -0.2) is 8.42 Å². The number of hydrogen-bond donors (Lipinski definition) is 2. The largest absolute Gasteiger partial charge is 0.369 e. The molecule has 28 heavy (non-hydrogen) atoms. The molecule has 0 aliphatic carbocycles. The second kappa shape index (κ2) is 10.1. The molecule has 7 nitrogen and oxygen atoms in total. The molecule has 0 spiro atoms. The maximum atomic E-state index is 11.6. The van der Waals surface area contributed by atoms with Gasteiger partial charge in [-0.3, -0.25) is 9.89 Å². The number of benzene rings is 1. The lowest BCUT2D eigenvalue weighted by atomic mass is 10.2. The van der Waals surface area contributed by atoms with Crippen molar-refractivity contribution in [2.45, 2.75) is 25.3 Å². The van der Waals surface area contributed by atoms with Crippen LogP contribution in [-0.4, -0.2) is 83.1 Å². The number of unbranched alkanes of at least 4 members (excludes halogenated alkanes) is 1. The molecule has 1 aromatic rings. The Kier molecular flexibility index (Phi) is 7.56. The molecule has 2 saturated heterocycles. The monoisotopic (exact) mass is 407 g/mol. The lowest BCUT2D eigenvalue weighted by Gasteiger charge is -2.36. The van der Waals surface area contributed by atoms with Crippen molar-refractivity contribution < 1.29 is 8.42 Å². The van der Waals surface area contributed by atoms with Gasteiger partial charge < -0.3 is 15.5 Å². The Morgan fingerprint density at radius 2 is 1.89 bits per heavy atom. The Labute approximate surface area is 169 Å². The van der Waals surface area contributed by atoms with Gasteiger partial charge >= 0.3 is 0 Å². The molecule has 8 heteroatoms. The van der Waals surface area contributed by atoms with E-state index in [0.29, 0.717) is 12.4 Å². The Hall–Kier alpha value is -1.80. The molecular weight excluding hydrogens is 374 g/mol. The molecule has 3 rings (SSSR count). The fourth-order valence-corrected chi connectivity index (χ4v) is 5.51. The van der Waals surface area contributed by atoms with Crippen molar-refractivity contribution in [1.29, 1.82) is 0 Å². The molecule has 2 aliphatic rings. The van der Waals surface area contributed by atoms with E-state index in [1.54, 1.807) is 7.05 Å². The predicted molar refractivity (Wildman–Crippen MR) is 116 cm³/mol.